The summed E-state index contributed by atoms with van der Waals surface area (Å²) in [4.78, 5) is 5.90. The molecule has 102 valence electrons. The molecule has 0 fully saturated rings. The van der Waals surface area contributed by atoms with E-state index in [0.717, 1.165) is 23.0 Å². The summed E-state index contributed by atoms with van der Waals surface area (Å²) >= 11 is 7.64. The summed E-state index contributed by atoms with van der Waals surface area (Å²) in [5.74, 6) is 0. The summed E-state index contributed by atoms with van der Waals surface area (Å²) < 4.78 is 0.846. The van der Waals surface area contributed by atoms with E-state index >= 15 is 0 Å². The van der Waals surface area contributed by atoms with Crippen LogP contribution >= 0.6 is 22.9 Å². The Balaban J connectivity index is 2.23. The summed E-state index contributed by atoms with van der Waals surface area (Å²) in [6.07, 6.45) is 2.87. The molecule has 2 rings (SSSR count). The fourth-order valence-electron chi connectivity index (χ4n) is 2.27. The lowest BCUT2D eigenvalue weighted by Gasteiger charge is -2.19. The molecule has 2 aromatic rings. The largest absolute Gasteiger partial charge is 0.309 e. The second-order valence-corrected chi connectivity index (χ2v) is 6.53. The van der Waals surface area contributed by atoms with Crippen molar-refractivity contribution in [3.63, 3.8) is 0 Å². The molecule has 0 aliphatic carbocycles. The lowest BCUT2D eigenvalue weighted by atomic mass is 10.0. The zero-order chi connectivity index (χ0) is 13.8. The highest BCUT2D eigenvalue weighted by atomic mass is 35.5. The van der Waals surface area contributed by atoms with Gasteiger partial charge in [0.1, 0.15) is 0 Å². The van der Waals surface area contributed by atoms with E-state index in [-0.39, 0.29) is 6.04 Å². The molecule has 4 heteroatoms. The smallest absolute Gasteiger partial charge is 0.0931 e. The molecule has 2 nitrogen and oxygen atoms in total. The number of nitrogens with zero attached hydrogens (tertiary/aromatic N) is 1. The average molecular weight is 295 g/mol. The minimum absolute atomic E-state index is 0.250. The van der Waals surface area contributed by atoms with Gasteiger partial charge < -0.3 is 5.32 Å². The zero-order valence-electron chi connectivity index (χ0n) is 11.5. The third-order valence-electron chi connectivity index (χ3n) is 3.07. The molecule has 2 aromatic heterocycles. The number of nitrogens with one attached hydrogen (secondary N) is 1. The molecule has 1 atom stereocenters. The summed E-state index contributed by atoms with van der Waals surface area (Å²) in [6, 6.07) is 6.50. The predicted molar refractivity (Wildman–Crippen MR) is 83.2 cm³/mol. The van der Waals surface area contributed by atoms with Crippen LogP contribution in [0.25, 0.3) is 0 Å². The van der Waals surface area contributed by atoms with E-state index < -0.39 is 0 Å². The summed E-state index contributed by atoms with van der Waals surface area (Å²) in [5, 5.41) is 3.52. The first kappa shape index (κ1) is 14.5. The van der Waals surface area contributed by atoms with Gasteiger partial charge in [0.2, 0.25) is 0 Å². The Morgan fingerprint density at radius 2 is 2.16 bits per heavy atom. The molecule has 0 spiro atoms. The number of hydrogen-bond acceptors (Lipinski definition) is 3. The van der Waals surface area contributed by atoms with Crippen molar-refractivity contribution >= 4 is 22.9 Å². The zero-order valence-corrected chi connectivity index (χ0v) is 13.1. The maximum atomic E-state index is 6.00. The predicted octanol–water partition coefficient (Wildman–Crippen LogP) is 4.31. The van der Waals surface area contributed by atoms with Gasteiger partial charge >= 0.3 is 0 Å². The first-order valence-corrected chi connectivity index (χ1v) is 7.70. The second kappa shape index (κ2) is 6.51. The van der Waals surface area contributed by atoms with E-state index in [1.54, 1.807) is 11.3 Å². The van der Waals surface area contributed by atoms with Crippen LogP contribution in [-0.2, 0) is 6.42 Å². The highest BCUT2D eigenvalue weighted by Gasteiger charge is 2.16. The Morgan fingerprint density at radius 3 is 2.74 bits per heavy atom. The Morgan fingerprint density at radius 1 is 1.37 bits per heavy atom. The number of thiophene rings is 1. The minimum Gasteiger partial charge on any atom is -0.309 e. The number of aryl methyl sites for hydroxylation is 2. The van der Waals surface area contributed by atoms with Crippen molar-refractivity contribution in [1.29, 1.82) is 0 Å². The van der Waals surface area contributed by atoms with Crippen molar-refractivity contribution < 1.29 is 0 Å². The maximum absolute atomic E-state index is 6.00. The monoisotopic (exact) mass is 294 g/mol. The standard InChI is InChI=1S/C15H19ClN2S/c1-4-17-13(8-12-5-6-14(16)19-12)15-11(3)7-10(2)9-18-15/h5-7,9,13,17H,4,8H2,1-3H3. The number of rotatable bonds is 5. The fraction of sp³-hybridized carbons (Fsp3) is 0.400. The van der Waals surface area contributed by atoms with Gasteiger partial charge in [-0.2, -0.15) is 0 Å². The third-order valence-corrected chi connectivity index (χ3v) is 4.32. The highest BCUT2D eigenvalue weighted by molar-refractivity contribution is 7.16. The van der Waals surface area contributed by atoms with Crippen molar-refractivity contribution in [2.75, 3.05) is 6.54 Å². The molecule has 0 aliphatic heterocycles. The Hall–Kier alpha value is -0.900. The van der Waals surface area contributed by atoms with Crippen LogP contribution in [0.4, 0.5) is 0 Å². The van der Waals surface area contributed by atoms with Gasteiger partial charge in [-0.3, -0.25) is 4.98 Å². The number of pyridine rings is 1. The maximum Gasteiger partial charge on any atom is 0.0931 e. The van der Waals surface area contributed by atoms with Crippen LogP contribution in [0.15, 0.2) is 24.4 Å². The van der Waals surface area contributed by atoms with Gasteiger partial charge in [-0.15, -0.1) is 11.3 Å². The minimum atomic E-state index is 0.250. The first-order valence-electron chi connectivity index (χ1n) is 6.51. The molecule has 0 aromatic carbocycles. The molecule has 0 bridgehead atoms. The van der Waals surface area contributed by atoms with Crippen LogP contribution in [0, 0.1) is 13.8 Å². The molecule has 0 saturated carbocycles. The highest BCUT2D eigenvalue weighted by Crippen LogP contribution is 2.27. The lowest BCUT2D eigenvalue weighted by molar-refractivity contribution is 0.537. The Labute approximate surface area is 123 Å². The van der Waals surface area contributed by atoms with Gasteiger partial charge in [0.05, 0.1) is 16.1 Å². The summed E-state index contributed by atoms with van der Waals surface area (Å²) in [6.45, 7) is 7.25. The summed E-state index contributed by atoms with van der Waals surface area (Å²) in [7, 11) is 0. The van der Waals surface area contributed by atoms with Crippen LogP contribution < -0.4 is 5.32 Å². The Bertz CT molecular complexity index is 551. The van der Waals surface area contributed by atoms with E-state index in [0.29, 0.717) is 0 Å². The molecule has 0 amide bonds. The Kier molecular flexibility index (Phi) is 4.97. The number of hydrogen-bond donors (Lipinski definition) is 1. The molecular weight excluding hydrogens is 276 g/mol. The van der Waals surface area contributed by atoms with Crippen LogP contribution in [0.1, 0.15) is 34.7 Å². The van der Waals surface area contributed by atoms with Crippen molar-refractivity contribution in [2.24, 2.45) is 0 Å². The number of halogens is 1. The normalized spacial score (nSPS) is 12.6. The van der Waals surface area contributed by atoms with E-state index in [4.69, 9.17) is 11.6 Å². The van der Waals surface area contributed by atoms with Crippen LogP contribution in [0.5, 0.6) is 0 Å². The van der Waals surface area contributed by atoms with Gasteiger partial charge in [0.25, 0.3) is 0 Å². The fourth-order valence-corrected chi connectivity index (χ4v) is 3.40. The summed E-state index contributed by atoms with van der Waals surface area (Å²) in [5.41, 5.74) is 3.58. The molecule has 2 heterocycles. The van der Waals surface area contributed by atoms with Gasteiger partial charge in [-0.1, -0.05) is 24.6 Å². The number of likely N-dealkylation sites (N-methyl/N-ethyl adjacent to an activating group) is 1. The van der Waals surface area contributed by atoms with Crippen molar-refractivity contribution in [2.45, 2.75) is 33.2 Å². The topological polar surface area (TPSA) is 24.9 Å². The van der Waals surface area contributed by atoms with E-state index in [2.05, 4.69) is 43.2 Å². The van der Waals surface area contributed by atoms with E-state index in [1.165, 1.54) is 16.0 Å². The van der Waals surface area contributed by atoms with E-state index in [1.807, 2.05) is 12.3 Å². The average Bonchev–Trinajstić information content (AvgIpc) is 2.74. The molecule has 0 aliphatic rings. The SMILES string of the molecule is CCNC(Cc1ccc(Cl)s1)c1ncc(C)cc1C. The first-order chi connectivity index (χ1) is 9.10. The molecule has 0 saturated heterocycles. The van der Waals surface area contributed by atoms with Gasteiger partial charge in [0.15, 0.2) is 0 Å². The molecule has 1 N–H and O–H groups in total. The van der Waals surface area contributed by atoms with Gasteiger partial charge in [-0.05, 0) is 43.7 Å². The van der Waals surface area contributed by atoms with E-state index in [9.17, 15) is 0 Å². The van der Waals surface area contributed by atoms with Crippen molar-refractivity contribution in [1.82, 2.24) is 10.3 Å². The molecule has 1 unspecified atom stereocenters. The van der Waals surface area contributed by atoms with Crippen LogP contribution in [-0.4, -0.2) is 11.5 Å². The van der Waals surface area contributed by atoms with Crippen LogP contribution in [0.2, 0.25) is 4.34 Å². The second-order valence-electron chi connectivity index (χ2n) is 4.74. The third kappa shape index (κ3) is 3.78. The van der Waals surface area contributed by atoms with Gasteiger partial charge in [-0.25, -0.2) is 0 Å². The number of aromatic nitrogens is 1. The molecule has 0 radical (unpaired) electrons. The molecule has 19 heavy (non-hydrogen) atoms. The lowest BCUT2D eigenvalue weighted by Crippen LogP contribution is -2.24. The van der Waals surface area contributed by atoms with Crippen molar-refractivity contribution in [3.8, 4) is 0 Å². The quantitative estimate of drug-likeness (QED) is 0.889. The van der Waals surface area contributed by atoms with Crippen molar-refractivity contribution in [3.05, 3.63) is 50.4 Å². The molecular formula is C15H19ClN2S. The van der Waals surface area contributed by atoms with Gasteiger partial charge in [0, 0.05) is 17.5 Å². The van der Waals surface area contributed by atoms with Crippen LogP contribution in [0.3, 0.4) is 0 Å².